The standard InChI is InChI=1S/C21H21NO7S/c1-5-29-17-11-13(9-10-15(17)27-3)19(12(2)30(25)26)22-20(23)14-7-6-8-16(28-4)18(14)21(22)24/h6-11,19H,5H2,1-4H3. The summed E-state index contributed by atoms with van der Waals surface area (Å²) in [4.78, 5) is 27.2. The van der Waals surface area contributed by atoms with Crippen LogP contribution in [0.4, 0.5) is 0 Å². The fraction of sp³-hybridized carbons (Fsp3) is 0.286. The zero-order chi connectivity index (χ0) is 22.0. The van der Waals surface area contributed by atoms with Crippen LogP contribution in [0.1, 0.15) is 46.2 Å². The van der Waals surface area contributed by atoms with E-state index in [1.54, 1.807) is 37.3 Å². The Bertz CT molecular complexity index is 1150. The maximum Gasteiger partial charge on any atom is 0.266 e. The van der Waals surface area contributed by atoms with Gasteiger partial charge in [-0.25, -0.2) is 0 Å². The van der Waals surface area contributed by atoms with Gasteiger partial charge in [0, 0.05) is 0 Å². The van der Waals surface area contributed by atoms with E-state index in [1.807, 2.05) is 0 Å². The van der Waals surface area contributed by atoms with Gasteiger partial charge in [0.05, 0.1) is 36.8 Å². The Kier molecular flexibility index (Phi) is 6.12. The van der Waals surface area contributed by atoms with Gasteiger partial charge in [-0.05, 0) is 43.7 Å². The molecule has 1 atom stereocenters. The Morgan fingerprint density at radius 3 is 2.30 bits per heavy atom. The molecule has 0 radical (unpaired) electrons. The van der Waals surface area contributed by atoms with Crippen LogP contribution in [0.25, 0.3) is 0 Å². The number of imide groups is 1. The summed E-state index contributed by atoms with van der Waals surface area (Å²) in [6, 6.07) is 8.32. The Labute approximate surface area is 175 Å². The van der Waals surface area contributed by atoms with Crippen molar-refractivity contribution in [3.8, 4) is 17.2 Å². The van der Waals surface area contributed by atoms with Gasteiger partial charge in [-0.15, -0.1) is 0 Å². The number of rotatable bonds is 7. The number of fused-ring (bicyclic) bond motifs is 1. The van der Waals surface area contributed by atoms with E-state index in [9.17, 15) is 18.0 Å². The van der Waals surface area contributed by atoms with E-state index in [0.717, 1.165) is 4.90 Å². The van der Waals surface area contributed by atoms with Crippen LogP contribution in [0, 0.1) is 0 Å². The molecule has 0 aromatic heterocycles. The van der Waals surface area contributed by atoms with E-state index >= 15 is 0 Å². The number of hydrogen-bond donors (Lipinski definition) is 0. The summed E-state index contributed by atoms with van der Waals surface area (Å²) < 4.78 is 39.8. The quantitative estimate of drug-likeness (QED) is 0.491. The third-order valence-corrected chi connectivity index (χ3v) is 5.59. The van der Waals surface area contributed by atoms with Crippen molar-refractivity contribution in [3.63, 3.8) is 0 Å². The fourth-order valence-electron chi connectivity index (χ4n) is 3.47. The van der Waals surface area contributed by atoms with Crippen LogP contribution in [-0.2, 0) is 10.3 Å². The fourth-order valence-corrected chi connectivity index (χ4v) is 3.89. The molecule has 0 N–H and O–H groups in total. The van der Waals surface area contributed by atoms with E-state index in [1.165, 1.54) is 27.2 Å². The molecule has 0 aliphatic carbocycles. The van der Waals surface area contributed by atoms with Gasteiger partial charge in [0.2, 0.25) is 10.3 Å². The molecule has 1 unspecified atom stereocenters. The van der Waals surface area contributed by atoms with Gasteiger partial charge >= 0.3 is 0 Å². The van der Waals surface area contributed by atoms with Gasteiger partial charge < -0.3 is 14.2 Å². The number of ether oxygens (including phenoxy) is 3. The summed E-state index contributed by atoms with van der Waals surface area (Å²) >= 11 is 0. The summed E-state index contributed by atoms with van der Waals surface area (Å²) in [5.74, 6) is -0.156. The normalized spacial score (nSPS) is 13.7. The predicted octanol–water partition coefficient (Wildman–Crippen LogP) is 2.51. The second kappa shape index (κ2) is 8.58. The van der Waals surface area contributed by atoms with Crippen LogP contribution in [0.5, 0.6) is 17.2 Å². The molecule has 158 valence electrons. The van der Waals surface area contributed by atoms with Crippen LogP contribution < -0.4 is 14.2 Å². The third-order valence-electron chi connectivity index (χ3n) is 4.84. The minimum atomic E-state index is -2.64. The number of hydrogen-bond acceptors (Lipinski definition) is 7. The molecule has 1 heterocycles. The maximum atomic E-state index is 13.2. The molecule has 3 rings (SSSR count). The summed E-state index contributed by atoms with van der Waals surface area (Å²) in [5, 5.41) is 0. The summed E-state index contributed by atoms with van der Waals surface area (Å²) in [7, 11) is 0.240. The van der Waals surface area contributed by atoms with Crippen molar-refractivity contribution in [3.05, 3.63) is 53.1 Å². The lowest BCUT2D eigenvalue weighted by Crippen LogP contribution is -2.38. The Morgan fingerprint density at radius 2 is 1.70 bits per heavy atom. The van der Waals surface area contributed by atoms with Crippen molar-refractivity contribution >= 4 is 27.0 Å². The topological polar surface area (TPSA) is 99.2 Å². The molecule has 1 aliphatic rings. The van der Waals surface area contributed by atoms with Crippen molar-refractivity contribution in [2.24, 2.45) is 0 Å². The zero-order valence-corrected chi connectivity index (χ0v) is 17.8. The van der Waals surface area contributed by atoms with E-state index < -0.39 is 28.1 Å². The van der Waals surface area contributed by atoms with E-state index in [2.05, 4.69) is 0 Å². The van der Waals surface area contributed by atoms with Gasteiger partial charge in [0.1, 0.15) is 11.8 Å². The lowest BCUT2D eigenvalue weighted by atomic mass is 10.0. The molecule has 0 spiro atoms. The monoisotopic (exact) mass is 431 g/mol. The van der Waals surface area contributed by atoms with Crippen LogP contribution in [-0.4, -0.2) is 50.8 Å². The molecular formula is C21H21NO7S. The highest BCUT2D eigenvalue weighted by molar-refractivity contribution is 7.73. The molecule has 9 heteroatoms. The number of amides is 2. The number of methoxy groups -OCH3 is 2. The van der Waals surface area contributed by atoms with Crippen LogP contribution >= 0.6 is 0 Å². The first-order valence-corrected chi connectivity index (χ1v) is 10.2. The lowest BCUT2D eigenvalue weighted by molar-refractivity contribution is 0.0624. The first-order valence-electron chi connectivity index (χ1n) is 9.14. The number of benzene rings is 2. The Hall–Kier alpha value is -3.33. The van der Waals surface area contributed by atoms with Crippen molar-refractivity contribution in [1.29, 1.82) is 0 Å². The molecule has 1 aliphatic heterocycles. The second-order valence-corrected chi connectivity index (χ2v) is 7.57. The van der Waals surface area contributed by atoms with Gasteiger partial charge in [0.15, 0.2) is 11.5 Å². The summed E-state index contributed by atoms with van der Waals surface area (Å²) in [6.07, 6.45) is 0. The predicted molar refractivity (Wildman–Crippen MR) is 110 cm³/mol. The zero-order valence-electron chi connectivity index (χ0n) is 17.0. The second-order valence-electron chi connectivity index (χ2n) is 6.45. The summed E-state index contributed by atoms with van der Waals surface area (Å²) in [5.41, 5.74) is 0.667. The van der Waals surface area contributed by atoms with Crippen molar-refractivity contribution in [1.82, 2.24) is 4.90 Å². The molecular weight excluding hydrogens is 410 g/mol. The van der Waals surface area contributed by atoms with Crippen LogP contribution in [0.15, 0.2) is 36.4 Å². The number of carbonyl (C=O) groups is 2. The van der Waals surface area contributed by atoms with E-state index in [0.29, 0.717) is 23.7 Å². The molecule has 2 aromatic rings. The first-order chi connectivity index (χ1) is 14.3. The van der Waals surface area contributed by atoms with E-state index in [-0.39, 0.29) is 21.7 Å². The smallest absolute Gasteiger partial charge is 0.266 e. The molecule has 2 aromatic carbocycles. The van der Waals surface area contributed by atoms with Crippen LogP contribution in [0.3, 0.4) is 0 Å². The van der Waals surface area contributed by atoms with Gasteiger partial charge in [-0.3, -0.25) is 14.5 Å². The highest BCUT2D eigenvalue weighted by Crippen LogP contribution is 2.38. The largest absolute Gasteiger partial charge is 0.496 e. The Balaban J connectivity index is 2.20. The minimum Gasteiger partial charge on any atom is -0.496 e. The maximum absolute atomic E-state index is 13.2. The molecule has 30 heavy (non-hydrogen) atoms. The highest BCUT2D eigenvalue weighted by atomic mass is 32.2. The van der Waals surface area contributed by atoms with Crippen molar-refractivity contribution in [2.45, 2.75) is 19.9 Å². The molecule has 0 bridgehead atoms. The third kappa shape index (κ3) is 3.52. The van der Waals surface area contributed by atoms with Crippen LogP contribution in [0.2, 0.25) is 0 Å². The number of nitrogens with zero attached hydrogens (tertiary/aromatic N) is 1. The van der Waals surface area contributed by atoms with Gasteiger partial charge in [0.25, 0.3) is 11.8 Å². The van der Waals surface area contributed by atoms with Gasteiger partial charge in [-0.2, -0.15) is 8.42 Å². The minimum absolute atomic E-state index is 0.0870. The molecule has 0 saturated heterocycles. The SMILES string of the molecule is CCOc1cc(C(C(C)=S(=O)=O)N2C(=O)c3cccc(OC)c3C2=O)ccc1OC. The van der Waals surface area contributed by atoms with Gasteiger partial charge in [-0.1, -0.05) is 12.1 Å². The molecule has 2 amide bonds. The number of carbonyl (C=O) groups excluding carboxylic acids is 2. The summed E-state index contributed by atoms with van der Waals surface area (Å²) in [6.45, 7) is 3.51. The average Bonchev–Trinajstić information content (AvgIpc) is 2.99. The van der Waals surface area contributed by atoms with Crippen molar-refractivity contribution < 1.29 is 32.2 Å². The molecule has 8 nitrogen and oxygen atoms in total. The highest BCUT2D eigenvalue weighted by Gasteiger charge is 2.44. The lowest BCUT2D eigenvalue weighted by Gasteiger charge is -2.26. The van der Waals surface area contributed by atoms with E-state index in [4.69, 9.17) is 14.2 Å². The van der Waals surface area contributed by atoms with Crippen molar-refractivity contribution in [2.75, 3.05) is 20.8 Å². The average molecular weight is 431 g/mol. The molecule has 0 saturated carbocycles. The Morgan fingerprint density at radius 1 is 1.00 bits per heavy atom. The molecule has 0 fully saturated rings. The first kappa shape index (κ1) is 21.4.